The molecule has 0 radical (unpaired) electrons. The number of ether oxygens (including phenoxy) is 2. The molecule has 0 unspecified atom stereocenters. The van der Waals surface area contributed by atoms with E-state index in [1.165, 1.54) is 12.8 Å². The molecule has 22 heavy (non-hydrogen) atoms. The Morgan fingerprint density at radius 2 is 2.41 bits per heavy atom. The van der Waals surface area contributed by atoms with E-state index in [1.54, 1.807) is 0 Å². The highest BCUT2D eigenvalue weighted by molar-refractivity contribution is 5.77. The first-order valence-electron chi connectivity index (χ1n) is 8.02. The van der Waals surface area contributed by atoms with Crippen molar-refractivity contribution in [1.82, 2.24) is 10.2 Å². The molecule has 1 aromatic carbocycles. The zero-order chi connectivity index (χ0) is 15.4. The number of morpholine rings is 1. The summed E-state index contributed by atoms with van der Waals surface area (Å²) in [5.41, 5.74) is 1.12. The van der Waals surface area contributed by atoms with Crippen LogP contribution >= 0.6 is 0 Å². The van der Waals surface area contributed by atoms with Crippen molar-refractivity contribution in [1.29, 1.82) is 0 Å². The van der Waals surface area contributed by atoms with Crippen LogP contribution in [-0.2, 0) is 9.53 Å². The Morgan fingerprint density at radius 1 is 1.50 bits per heavy atom. The Balaban J connectivity index is 1.37. The molecule has 5 heteroatoms. The van der Waals surface area contributed by atoms with E-state index in [1.807, 2.05) is 31.2 Å². The number of carbonyl (C=O) groups is 1. The summed E-state index contributed by atoms with van der Waals surface area (Å²) < 4.78 is 11.3. The molecule has 3 rings (SSSR count). The van der Waals surface area contributed by atoms with Gasteiger partial charge in [-0.15, -0.1) is 0 Å². The van der Waals surface area contributed by atoms with Gasteiger partial charge in [-0.1, -0.05) is 12.1 Å². The molecule has 5 nitrogen and oxygen atoms in total. The van der Waals surface area contributed by atoms with Crippen LogP contribution in [0.4, 0.5) is 0 Å². The zero-order valence-corrected chi connectivity index (χ0v) is 13.1. The second kappa shape index (κ2) is 7.11. The Labute approximate surface area is 131 Å². The number of nitrogens with one attached hydrogen (secondary N) is 1. The van der Waals surface area contributed by atoms with Crippen LogP contribution in [-0.4, -0.2) is 55.8 Å². The number of nitrogens with zero attached hydrogens (tertiary/aromatic N) is 1. The van der Waals surface area contributed by atoms with Crippen LogP contribution < -0.4 is 10.1 Å². The van der Waals surface area contributed by atoms with Crippen LogP contribution in [0.2, 0.25) is 0 Å². The summed E-state index contributed by atoms with van der Waals surface area (Å²) in [5.74, 6) is 0.623. The molecule has 0 aliphatic carbocycles. The molecule has 2 fully saturated rings. The Bertz CT molecular complexity index is 520. The van der Waals surface area contributed by atoms with Gasteiger partial charge in [-0.3, -0.25) is 9.69 Å². The molecule has 2 heterocycles. The first-order valence-corrected chi connectivity index (χ1v) is 8.02. The van der Waals surface area contributed by atoms with Gasteiger partial charge < -0.3 is 14.8 Å². The van der Waals surface area contributed by atoms with Crippen molar-refractivity contribution < 1.29 is 14.3 Å². The molecule has 2 aliphatic heterocycles. The molecule has 0 spiro atoms. The molecule has 1 amide bonds. The maximum atomic E-state index is 11.9. The minimum absolute atomic E-state index is 0.0442. The molecular weight excluding hydrogens is 280 g/mol. The van der Waals surface area contributed by atoms with Crippen molar-refractivity contribution in [3.63, 3.8) is 0 Å². The van der Waals surface area contributed by atoms with Crippen molar-refractivity contribution in [2.45, 2.75) is 31.9 Å². The lowest BCUT2D eigenvalue weighted by Gasteiger charge is -2.35. The fourth-order valence-corrected chi connectivity index (χ4v) is 3.14. The summed E-state index contributed by atoms with van der Waals surface area (Å²) in [6.07, 6.45) is 2.60. The average Bonchev–Trinajstić information content (AvgIpc) is 2.98. The molecule has 2 aliphatic rings. The van der Waals surface area contributed by atoms with E-state index in [9.17, 15) is 4.79 Å². The second-order valence-corrected chi connectivity index (χ2v) is 6.16. The van der Waals surface area contributed by atoms with E-state index < -0.39 is 0 Å². The topological polar surface area (TPSA) is 50.8 Å². The van der Waals surface area contributed by atoms with E-state index in [0.717, 1.165) is 31.0 Å². The van der Waals surface area contributed by atoms with Crippen molar-refractivity contribution in [2.75, 3.05) is 32.8 Å². The predicted octanol–water partition coefficient (Wildman–Crippen LogP) is 1.35. The van der Waals surface area contributed by atoms with E-state index >= 15 is 0 Å². The fraction of sp³-hybridized carbons (Fsp3) is 0.588. The van der Waals surface area contributed by atoms with E-state index in [-0.39, 0.29) is 18.6 Å². The van der Waals surface area contributed by atoms with Gasteiger partial charge in [-0.25, -0.2) is 0 Å². The Morgan fingerprint density at radius 3 is 3.27 bits per heavy atom. The summed E-state index contributed by atoms with van der Waals surface area (Å²) in [5, 5.41) is 2.90. The van der Waals surface area contributed by atoms with Gasteiger partial charge in [-0.2, -0.15) is 0 Å². The Hall–Kier alpha value is -1.59. The number of benzene rings is 1. The van der Waals surface area contributed by atoms with Gasteiger partial charge in [0.25, 0.3) is 5.91 Å². The van der Waals surface area contributed by atoms with Crippen LogP contribution in [0, 0.1) is 6.92 Å². The Kier molecular flexibility index (Phi) is 4.95. The smallest absolute Gasteiger partial charge is 0.258 e. The van der Waals surface area contributed by atoms with E-state index in [4.69, 9.17) is 9.47 Å². The number of amides is 1. The number of carbonyl (C=O) groups excluding carboxylic acids is 1. The molecule has 0 aromatic heterocycles. The average molecular weight is 304 g/mol. The SMILES string of the molecule is Cc1cccc(OCC(=O)NC[C@H]2CN3CCC[C@H]3CO2)c1. The first kappa shape index (κ1) is 15.3. The molecular formula is C17H24N2O3. The summed E-state index contributed by atoms with van der Waals surface area (Å²) >= 11 is 0. The second-order valence-electron chi connectivity index (χ2n) is 6.16. The minimum Gasteiger partial charge on any atom is -0.484 e. The van der Waals surface area contributed by atoms with Crippen molar-refractivity contribution >= 4 is 5.91 Å². The number of hydrogen-bond acceptors (Lipinski definition) is 4. The molecule has 120 valence electrons. The van der Waals surface area contributed by atoms with Crippen LogP contribution in [0.1, 0.15) is 18.4 Å². The highest BCUT2D eigenvalue weighted by Gasteiger charge is 2.32. The highest BCUT2D eigenvalue weighted by Crippen LogP contribution is 2.22. The largest absolute Gasteiger partial charge is 0.484 e. The van der Waals surface area contributed by atoms with Gasteiger partial charge in [-0.05, 0) is 44.0 Å². The number of rotatable bonds is 5. The standard InChI is InChI=1S/C17H24N2O3/c1-13-4-2-6-15(8-13)22-12-17(20)18-9-16-10-19-7-3-5-14(19)11-21-16/h2,4,6,8,14,16H,3,5,7,9-12H2,1H3,(H,18,20)/t14-,16-/m0/s1. The van der Waals surface area contributed by atoms with Gasteiger partial charge in [0.15, 0.2) is 6.61 Å². The fourth-order valence-electron chi connectivity index (χ4n) is 3.14. The van der Waals surface area contributed by atoms with Crippen LogP contribution in [0.5, 0.6) is 5.75 Å². The van der Waals surface area contributed by atoms with Crippen LogP contribution in [0.15, 0.2) is 24.3 Å². The molecule has 2 saturated heterocycles. The van der Waals surface area contributed by atoms with Gasteiger partial charge >= 0.3 is 0 Å². The molecule has 0 bridgehead atoms. The lowest BCUT2D eigenvalue weighted by Crippen LogP contribution is -2.50. The van der Waals surface area contributed by atoms with Crippen molar-refractivity contribution in [2.24, 2.45) is 0 Å². The summed E-state index contributed by atoms with van der Waals surface area (Å²) in [7, 11) is 0. The number of aryl methyl sites for hydroxylation is 1. The third-order valence-electron chi connectivity index (χ3n) is 4.35. The molecule has 2 atom stereocenters. The van der Waals surface area contributed by atoms with Crippen molar-refractivity contribution in [3.8, 4) is 5.75 Å². The van der Waals surface area contributed by atoms with E-state index in [2.05, 4.69) is 10.2 Å². The number of hydrogen-bond donors (Lipinski definition) is 1. The summed E-state index contributed by atoms with van der Waals surface area (Å²) in [6, 6.07) is 8.30. The lowest BCUT2D eigenvalue weighted by atomic mass is 10.2. The third kappa shape index (κ3) is 3.99. The monoisotopic (exact) mass is 304 g/mol. The quantitative estimate of drug-likeness (QED) is 0.892. The normalized spacial score (nSPS) is 24.8. The maximum absolute atomic E-state index is 11.9. The van der Waals surface area contributed by atoms with E-state index in [0.29, 0.717) is 12.6 Å². The highest BCUT2D eigenvalue weighted by atomic mass is 16.5. The number of fused-ring (bicyclic) bond motifs is 1. The van der Waals surface area contributed by atoms with Crippen LogP contribution in [0.3, 0.4) is 0 Å². The summed E-state index contributed by atoms with van der Waals surface area (Å²) in [6.45, 7) is 5.47. The molecule has 1 N–H and O–H groups in total. The minimum atomic E-state index is -0.103. The molecule has 0 saturated carbocycles. The van der Waals surface area contributed by atoms with Gasteiger partial charge in [0.2, 0.25) is 0 Å². The molecule has 1 aromatic rings. The van der Waals surface area contributed by atoms with Crippen molar-refractivity contribution in [3.05, 3.63) is 29.8 Å². The summed E-state index contributed by atoms with van der Waals surface area (Å²) in [4.78, 5) is 14.3. The van der Waals surface area contributed by atoms with Gasteiger partial charge in [0.05, 0.1) is 12.7 Å². The maximum Gasteiger partial charge on any atom is 0.258 e. The van der Waals surface area contributed by atoms with Gasteiger partial charge in [0.1, 0.15) is 5.75 Å². The first-order chi connectivity index (χ1) is 10.7. The van der Waals surface area contributed by atoms with Gasteiger partial charge in [0, 0.05) is 19.1 Å². The lowest BCUT2D eigenvalue weighted by molar-refractivity contribution is -0.124. The zero-order valence-electron chi connectivity index (χ0n) is 13.1. The predicted molar refractivity (Wildman–Crippen MR) is 84.0 cm³/mol. The third-order valence-corrected chi connectivity index (χ3v) is 4.35. The van der Waals surface area contributed by atoms with Crippen LogP contribution in [0.25, 0.3) is 0 Å².